The van der Waals surface area contributed by atoms with Gasteiger partial charge in [0.05, 0.1) is 13.5 Å². The van der Waals surface area contributed by atoms with Crippen LogP contribution in [0.1, 0.15) is 5.56 Å². The highest BCUT2D eigenvalue weighted by Crippen LogP contribution is 2.30. The molecule has 0 heterocycles. The van der Waals surface area contributed by atoms with Crippen LogP contribution < -0.4 is 9.47 Å². The van der Waals surface area contributed by atoms with Gasteiger partial charge in [-0.25, -0.2) is 0 Å². The summed E-state index contributed by atoms with van der Waals surface area (Å²) in [5, 5.41) is 8.69. The lowest BCUT2D eigenvalue weighted by atomic mass is 10.1. The van der Waals surface area contributed by atoms with Gasteiger partial charge in [0.15, 0.2) is 11.5 Å². The van der Waals surface area contributed by atoms with E-state index in [-0.39, 0.29) is 6.42 Å². The molecule has 0 spiro atoms. The number of hydrogen-bond acceptors (Lipinski definition) is 3. The van der Waals surface area contributed by atoms with E-state index in [1.807, 2.05) is 24.3 Å². The molecule has 2 rings (SSSR count). The Morgan fingerprint density at radius 1 is 1.05 bits per heavy atom. The van der Waals surface area contributed by atoms with Crippen molar-refractivity contribution in [3.63, 3.8) is 0 Å². The van der Waals surface area contributed by atoms with E-state index >= 15 is 0 Å². The van der Waals surface area contributed by atoms with E-state index in [0.717, 1.165) is 5.56 Å². The van der Waals surface area contributed by atoms with Crippen molar-refractivity contribution < 1.29 is 19.4 Å². The van der Waals surface area contributed by atoms with Crippen LogP contribution in [0.4, 0.5) is 0 Å². The molecule has 0 atom stereocenters. The smallest absolute Gasteiger partial charge is 0.307 e. The van der Waals surface area contributed by atoms with Crippen molar-refractivity contribution in [2.24, 2.45) is 0 Å². The normalized spacial score (nSPS) is 9.95. The zero-order valence-corrected chi connectivity index (χ0v) is 10.5. The van der Waals surface area contributed by atoms with Gasteiger partial charge in [-0.3, -0.25) is 4.79 Å². The maximum Gasteiger partial charge on any atom is 0.307 e. The molecular formula is C15H14O4. The maximum absolute atomic E-state index is 10.6. The molecule has 1 N–H and O–H groups in total. The maximum atomic E-state index is 10.6. The number of carboxylic acid groups (broad SMARTS) is 1. The fraction of sp³-hybridized carbons (Fsp3) is 0.133. The average molecular weight is 258 g/mol. The van der Waals surface area contributed by atoms with Crippen LogP contribution >= 0.6 is 0 Å². The summed E-state index contributed by atoms with van der Waals surface area (Å²) in [4.78, 5) is 10.6. The van der Waals surface area contributed by atoms with E-state index in [4.69, 9.17) is 14.6 Å². The molecule has 4 heteroatoms. The molecule has 0 unspecified atom stereocenters. The number of carbonyl (C=O) groups is 1. The van der Waals surface area contributed by atoms with Crippen molar-refractivity contribution in [3.8, 4) is 17.2 Å². The molecule has 98 valence electrons. The lowest BCUT2D eigenvalue weighted by Crippen LogP contribution is -1.99. The van der Waals surface area contributed by atoms with Crippen molar-refractivity contribution in [2.75, 3.05) is 7.11 Å². The Labute approximate surface area is 111 Å². The van der Waals surface area contributed by atoms with Crippen LogP contribution in [0.5, 0.6) is 17.2 Å². The van der Waals surface area contributed by atoms with Crippen molar-refractivity contribution in [2.45, 2.75) is 6.42 Å². The molecule has 0 radical (unpaired) electrons. The summed E-state index contributed by atoms with van der Waals surface area (Å²) in [5.41, 5.74) is 0.736. The predicted molar refractivity (Wildman–Crippen MR) is 70.8 cm³/mol. The zero-order chi connectivity index (χ0) is 13.7. The van der Waals surface area contributed by atoms with Crippen LogP contribution in [0, 0.1) is 0 Å². The Bertz CT molecular complexity index is 561. The van der Waals surface area contributed by atoms with Crippen molar-refractivity contribution >= 4 is 5.97 Å². The quantitative estimate of drug-likeness (QED) is 0.895. The number of ether oxygens (including phenoxy) is 2. The number of benzene rings is 2. The largest absolute Gasteiger partial charge is 0.493 e. The van der Waals surface area contributed by atoms with Crippen LogP contribution in [-0.2, 0) is 11.2 Å². The molecule has 0 saturated heterocycles. The van der Waals surface area contributed by atoms with Gasteiger partial charge >= 0.3 is 5.97 Å². The summed E-state index contributed by atoms with van der Waals surface area (Å²) in [6.45, 7) is 0. The van der Waals surface area contributed by atoms with E-state index < -0.39 is 5.97 Å². The molecule has 0 bridgehead atoms. The van der Waals surface area contributed by atoms with E-state index in [1.54, 1.807) is 31.4 Å². The summed E-state index contributed by atoms with van der Waals surface area (Å²) >= 11 is 0. The number of hydrogen-bond donors (Lipinski definition) is 1. The van der Waals surface area contributed by atoms with Crippen LogP contribution in [0.25, 0.3) is 0 Å². The molecular weight excluding hydrogens is 244 g/mol. The fourth-order valence-electron chi connectivity index (χ4n) is 1.68. The van der Waals surface area contributed by atoms with Crippen molar-refractivity contribution in [1.82, 2.24) is 0 Å². The third kappa shape index (κ3) is 3.48. The minimum absolute atomic E-state index is 0.00887. The van der Waals surface area contributed by atoms with E-state index in [2.05, 4.69) is 0 Å². The van der Waals surface area contributed by atoms with Gasteiger partial charge in [0.2, 0.25) is 0 Å². The van der Waals surface area contributed by atoms with Gasteiger partial charge in [-0.05, 0) is 29.8 Å². The second-order valence-corrected chi connectivity index (χ2v) is 3.97. The third-order valence-corrected chi connectivity index (χ3v) is 2.58. The molecule has 0 saturated carbocycles. The Morgan fingerprint density at radius 2 is 1.68 bits per heavy atom. The van der Waals surface area contributed by atoms with Gasteiger partial charge in [-0.15, -0.1) is 0 Å². The third-order valence-electron chi connectivity index (χ3n) is 2.58. The molecule has 0 aliphatic rings. The molecule has 0 aromatic heterocycles. The fourth-order valence-corrected chi connectivity index (χ4v) is 1.68. The first-order valence-electron chi connectivity index (χ1n) is 5.80. The lowest BCUT2D eigenvalue weighted by molar-refractivity contribution is -0.136. The van der Waals surface area contributed by atoms with Crippen LogP contribution in [0.3, 0.4) is 0 Å². The Hall–Kier alpha value is -2.49. The highest BCUT2D eigenvalue weighted by atomic mass is 16.5. The van der Waals surface area contributed by atoms with Gasteiger partial charge in [0.1, 0.15) is 5.75 Å². The molecule has 2 aromatic carbocycles. The number of rotatable bonds is 5. The number of para-hydroxylation sites is 2. The summed E-state index contributed by atoms with van der Waals surface area (Å²) in [6.07, 6.45) is 0.00887. The molecule has 4 nitrogen and oxygen atoms in total. The van der Waals surface area contributed by atoms with Gasteiger partial charge in [-0.2, -0.15) is 0 Å². The highest BCUT2D eigenvalue weighted by molar-refractivity contribution is 5.70. The first kappa shape index (κ1) is 13.0. The highest BCUT2D eigenvalue weighted by Gasteiger charge is 2.05. The monoisotopic (exact) mass is 258 g/mol. The van der Waals surface area contributed by atoms with Crippen LogP contribution in [-0.4, -0.2) is 18.2 Å². The first-order valence-corrected chi connectivity index (χ1v) is 5.80. The van der Waals surface area contributed by atoms with Gasteiger partial charge in [0, 0.05) is 0 Å². The molecule has 0 fully saturated rings. The Kier molecular flexibility index (Phi) is 4.03. The number of carboxylic acids is 1. The summed E-state index contributed by atoms with van der Waals surface area (Å²) in [5.74, 6) is 1.06. The summed E-state index contributed by atoms with van der Waals surface area (Å²) < 4.78 is 10.9. The second kappa shape index (κ2) is 5.91. The number of methoxy groups -OCH3 is 1. The lowest BCUT2D eigenvalue weighted by Gasteiger charge is -2.10. The topological polar surface area (TPSA) is 55.8 Å². The first-order chi connectivity index (χ1) is 9.19. The molecule has 0 aliphatic carbocycles. The zero-order valence-electron chi connectivity index (χ0n) is 10.5. The van der Waals surface area contributed by atoms with Gasteiger partial charge in [-0.1, -0.05) is 24.3 Å². The SMILES string of the molecule is COc1ccccc1Oc1ccc(CC(=O)O)cc1. The molecule has 19 heavy (non-hydrogen) atoms. The molecule has 2 aromatic rings. The summed E-state index contributed by atoms with van der Waals surface area (Å²) in [6, 6.07) is 14.3. The summed E-state index contributed by atoms with van der Waals surface area (Å²) in [7, 11) is 1.58. The van der Waals surface area contributed by atoms with Gasteiger partial charge in [0.25, 0.3) is 0 Å². The molecule has 0 aliphatic heterocycles. The standard InChI is InChI=1S/C15H14O4/c1-18-13-4-2-3-5-14(13)19-12-8-6-11(7-9-12)10-15(16)17/h2-9H,10H2,1H3,(H,16,17). The van der Waals surface area contributed by atoms with Crippen molar-refractivity contribution in [3.05, 3.63) is 54.1 Å². The second-order valence-electron chi connectivity index (χ2n) is 3.97. The molecule has 0 amide bonds. The van der Waals surface area contributed by atoms with E-state index in [1.165, 1.54) is 0 Å². The Balaban J connectivity index is 2.13. The van der Waals surface area contributed by atoms with Crippen LogP contribution in [0.2, 0.25) is 0 Å². The van der Waals surface area contributed by atoms with E-state index in [9.17, 15) is 4.79 Å². The van der Waals surface area contributed by atoms with Crippen LogP contribution in [0.15, 0.2) is 48.5 Å². The van der Waals surface area contributed by atoms with E-state index in [0.29, 0.717) is 17.2 Å². The predicted octanol–water partition coefficient (Wildman–Crippen LogP) is 3.11. The van der Waals surface area contributed by atoms with Crippen molar-refractivity contribution in [1.29, 1.82) is 0 Å². The number of aliphatic carboxylic acids is 1. The average Bonchev–Trinajstić information content (AvgIpc) is 2.41. The Morgan fingerprint density at radius 3 is 2.26 bits per heavy atom. The minimum atomic E-state index is -0.849. The minimum Gasteiger partial charge on any atom is -0.493 e. The van der Waals surface area contributed by atoms with Gasteiger partial charge < -0.3 is 14.6 Å².